The number of hydrogen-bond donors (Lipinski definition) is 1. The molecule has 0 fully saturated rings. The first-order valence-electron chi connectivity index (χ1n) is 8.91. The van der Waals surface area contributed by atoms with E-state index in [2.05, 4.69) is 25.3 Å². The molecule has 0 atom stereocenters. The molecular weight excluding hydrogens is 330 g/mol. The first-order chi connectivity index (χ1) is 13.2. The van der Waals surface area contributed by atoms with Gasteiger partial charge >= 0.3 is 0 Å². The molecular formula is C25H25NO. The Morgan fingerprint density at radius 3 is 2.41 bits per heavy atom. The van der Waals surface area contributed by atoms with Crippen LogP contribution in [0, 0.1) is 0 Å². The molecule has 0 unspecified atom stereocenters. The Morgan fingerprint density at radius 1 is 0.963 bits per heavy atom. The van der Waals surface area contributed by atoms with Crippen LogP contribution in [0.25, 0.3) is 16.7 Å². The summed E-state index contributed by atoms with van der Waals surface area (Å²) in [6.07, 6.45) is 15.3. The smallest absolute Gasteiger partial charge is 0.248 e. The van der Waals surface area contributed by atoms with E-state index in [4.69, 9.17) is 5.73 Å². The first-order valence-corrected chi connectivity index (χ1v) is 8.91. The van der Waals surface area contributed by atoms with Gasteiger partial charge in [-0.05, 0) is 47.2 Å². The highest BCUT2D eigenvalue weighted by atomic mass is 16.1. The van der Waals surface area contributed by atoms with Gasteiger partial charge < -0.3 is 5.73 Å². The van der Waals surface area contributed by atoms with Crippen LogP contribution in [-0.2, 0) is 0 Å². The Morgan fingerprint density at radius 2 is 1.74 bits per heavy atom. The predicted octanol–water partition coefficient (Wildman–Crippen LogP) is 6.10. The van der Waals surface area contributed by atoms with Gasteiger partial charge in [0.25, 0.3) is 0 Å². The number of primary amides is 1. The van der Waals surface area contributed by atoms with E-state index in [1.165, 1.54) is 0 Å². The van der Waals surface area contributed by atoms with Gasteiger partial charge in [0.05, 0.1) is 0 Å². The van der Waals surface area contributed by atoms with Crippen molar-refractivity contribution < 1.29 is 4.79 Å². The third-order valence-electron chi connectivity index (χ3n) is 4.06. The van der Waals surface area contributed by atoms with Crippen molar-refractivity contribution in [2.45, 2.75) is 12.8 Å². The highest BCUT2D eigenvalue weighted by molar-refractivity contribution is 5.95. The summed E-state index contributed by atoms with van der Waals surface area (Å²) in [5.74, 6) is -0.434. The van der Waals surface area contributed by atoms with Crippen molar-refractivity contribution in [2.24, 2.45) is 5.73 Å². The SMILES string of the molecule is C=CC/C=C/C=C/C=C(/CC=C)c1cc(C(N)=O)ccc1-c1ccccc1. The summed E-state index contributed by atoms with van der Waals surface area (Å²) in [4.78, 5) is 11.7. The second-order valence-electron chi connectivity index (χ2n) is 6.01. The van der Waals surface area contributed by atoms with Gasteiger partial charge in [-0.1, -0.05) is 78.9 Å². The van der Waals surface area contributed by atoms with Gasteiger partial charge in [0.2, 0.25) is 5.91 Å². The zero-order valence-electron chi connectivity index (χ0n) is 15.5. The minimum atomic E-state index is -0.434. The number of amides is 1. The molecule has 0 spiro atoms. The summed E-state index contributed by atoms with van der Waals surface area (Å²) in [6.45, 7) is 7.57. The summed E-state index contributed by atoms with van der Waals surface area (Å²) in [6, 6.07) is 15.7. The monoisotopic (exact) mass is 355 g/mol. The van der Waals surface area contributed by atoms with Crippen LogP contribution in [0.5, 0.6) is 0 Å². The zero-order chi connectivity index (χ0) is 19.5. The highest BCUT2D eigenvalue weighted by Gasteiger charge is 2.12. The fraction of sp³-hybridized carbons (Fsp3) is 0.0800. The Labute approximate surface area is 161 Å². The third-order valence-corrected chi connectivity index (χ3v) is 4.06. The molecule has 2 heteroatoms. The number of hydrogen-bond acceptors (Lipinski definition) is 1. The molecule has 2 aromatic rings. The lowest BCUT2D eigenvalue weighted by atomic mass is 9.91. The second kappa shape index (κ2) is 10.6. The fourth-order valence-electron chi connectivity index (χ4n) is 2.75. The van der Waals surface area contributed by atoms with E-state index in [1.807, 2.05) is 72.9 Å². The molecule has 0 heterocycles. The standard InChI is InChI=1S/C25H25NO/c1-3-5-6-7-8-10-14-20(13-4-2)24-19-22(25(26)27)17-18-23(24)21-15-11-9-12-16-21/h3-4,6-12,14-19H,1-2,5,13H2,(H2,26,27)/b7-6+,10-8+,20-14-. The second-order valence-corrected chi connectivity index (χ2v) is 6.01. The van der Waals surface area contributed by atoms with E-state index in [0.29, 0.717) is 12.0 Å². The molecule has 2 N–H and O–H groups in total. The Kier molecular flexibility index (Phi) is 7.80. The Bertz CT molecular complexity index is 886. The highest BCUT2D eigenvalue weighted by Crippen LogP contribution is 2.32. The van der Waals surface area contributed by atoms with Crippen molar-refractivity contribution in [2.75, 3.05) is 0 Å². The van der Waals surface area contributed by atoms with E-state index in [0.717, 1.165) is 28.7 Å². The largest absolute Gasteiger partial charge is 0.366 e. The van der Waals surface area contributed by atoms with Crippen LogP contribution in [0.2, 0.25) is 0 Å². The number of benzene rings is 2. The number of rotatable bonds is 9. The molecule has 0 saturated carbocycles. The maximum absolute atomic E-state index is 11.7. The van der Waals surface area contributed by atoms with E-state index in [1.54, 1.807) is 6.07 Å². The van der Waals surface area contributed by atoms with E-state index >= 15 is 0 Å². The minimum Gasteiger partial charge on any atom is -0.366 e. The van der Waals surface area contributed by atoms with Crippen molar-refractivity contribution >= 4 is 11.5 Å². The van der Waals surface area contributed by atoms with Gasteiger partial charge in [0, 0.05) is 5.56 Å². The third kappa shape index (κ3) is 5.82. The summed E-state index contributed by atoms with van der Waals surface area (Å²) >= 11 is 0. The van der Waals surface area contributed by atoms with Crippen LogP contribution in [0.3, 0.4) is 0 Å². The lowest BCUT2D eigenvalue weighted by Crippen LogP contribution is -2.11. The number of carbonyl (C=O) groups is 1. The van der Waals surface area contributed by atoms with Crippen LogP contribution in [0.15, 0.2) is 104 Å². The molecule has 0 radical (unpaired) electrons. The molecule has 2 rings (SSSR count). The van der Waals surface area contributed by atoms with Gasteiger partial charge in [0.15, 0.2) is 0 Å². The summed E-state index contributed by atoms with van der Waals surface area (Å²) in [5.41, 5.74) is 10.2. The molecule has 0 aromatic heterocycles. The lowest BCUT2D eigenvalue weighted by molar-refractivity contribution is 0.100. The maximum Gasteiger partial charge on any atom is 0.248 e. The van der Waals surface area contributed by atoms with E-state index in [9.17, 15) is 4.79 Å². The molecule has 0 aliphatic carbocycles. The van der Waals surface area contributed by atoms with Crippen molar-refractivity contribution in [1.82, 2.24) is 0 Å². The molecule has 0 aliphatic heterocycles. The molecule has 1 amide bonds. The Balaban J connectivity index is 2.51. The van der Waals surface area contributed by atoms with Gasteiger partial charge in [0.1, 0.15) is 0 Å². The lowest BCUT2D eigenvalue weighted by Gasteiger charge is -2.14. The molecule has 0 bridgehead atoms. The summed E-state index contributed by atoms with van der Waals surface area (Å²) < 4.78 is 0. The molecule has 27 heavy (non-hydrogen) atoms. The molecule has 2 nitrogen and oxygen atoms in total. The van der Waals surface area contributed by atoms with Crippen molar-refractivity contribution in [3.8, 4) is 11.1 Å². The van der Waals surface area contributed by atoms with Crippen LogP contribution in [0.4, 0.5) is 0 Å². The summed E-state index contributed by atoms with van der Waals surface area (Å²) in [5, 5.41) is 0. The van der Waals surface area contributed by atoms with E-state index in [-0.39, 0.29) is 0 Å². The first kappa shape index (κ1) is 19.9. The van der Waals surface area contributed by atoms with Crippen LogP contribution in [0.1, 0.15) is 28.8 Å². The fourth-order valence-corrected chi connectivity index (χ4v) is 2.75. The maximum atomic E-state index is 11.7. The van der Waals surface area contributed by atoms with Gasteiger partial charge in [-0.2, -0.15) is 0 Å². The number of allylic oxidation sites excluding steroid dienone is 8. The van der Waals surface area contributed by atoms with Gasteiger partial charge in [-0.15, -0.1) is 13.2 Å². The van der Waals surface area contributed by atoms with Crippen LogP contribution in [-0.4, -0.2) is 5.91 Å². The topological polar surface area (TPSA) is 43.1 Å². The van der Waals surface area contributed by atoms with Crippen LogP contribution >= 0.6 is 0 Å². The van der Waals surface area contributed by atoms with Gasteiger partial charge in [-0.3, -0.25) is 4.79 Å². The number of nitrogens with two attached hydrogens (primary N) is 1. The molecule has 0 aliphatic rings. The summed E-state index contributed by atoms with van der Waals surface area (Å²) in [7, 11) is 0. The average Bonchev–Trinajstić information content (AvgIpc) is 2.70. The number of carbonyl (C=O) groups excluding carboxylic acids is 1. The van der Waals surface area contributed by atoms with Crippen molar-refractivity contribution in [3.05, 3.63) is 115 Å². The van der Waals surface area contributed by atoms with Crippen LogP contribution < -0.4 is 5.73 Å². The van der Waals surface area contributed by atoms with Crippen molar-refractivity contribution in [3.63, 3.8) is 0 Å². The molecule has 136 valence electrons. The Hall–Kier alpha value is -3.39. The normalized spacial score (nSPS) is 11.8. The minimum absolute atomic E-state index is 0.434. The molecule has 2 aromatic carbocycles. The average molecular weight is 355 g/mol. The zero-order valence-corrected chi connectivity index (χ0v) is 15.5. The molecule has 0 saturated heterocycles. The quantitative estimate of drug-likeness (QED) is 0.428. The van der Waals surface area contributed by atoms with E-state index < -0.39 is 5.91 Å². The van der Waals surface area contributed by atoms with Crippen molar-refractivity contribution in [1.29, 1.82) is 0 Å². The predicted molar refractivity (Wildman–Crippen MR) is 116 cm³/mol. The van der Waals surface area contributed by atoms with Gasteiger partial charge in [-0.25, -0.2) is 0 Å².